The summed E-state index contributed by atoms with van der Waals surface area (Å²) in [7, 11) is 0. The Morgan fingerprint density at radius 1 is 1.41 bits per heavy atom. The summed E-state index contributed by atoms with van der Waals surface area (Å²) < 4.78 is 5.32. The summed E-state index contributed by atoms with van der Waals surface area (Å²) in [4.78, 5) is 46.7. The Bertz CT molecular complexity index is 786. The van der Waals surface area contributed by atoms with Crippen molar-refractivity contribution in [1.82, 2.24) is 10.4 Å². The van der Waals surface area contributed by atoms with Crippen LogP contribution >= 0.6 is 0 Å². The highest BCUT2D eigenvalue weighted by Crippen LogP contribution is 2.30. The highest BCUT2D eigenvalue weighted by Gasteiger charge is 2.36. The number of nitrogens with two attached hydrogens (primary N) is 1. The number of carbonyl (C=O) groups is 3. The number of benzene rings is 1. The fraction of sp³-hybridized carbons (Fsp3) is 0.471. The summed E-state index contributed by atoms with van der Waals surface area (Å²) in [5, 5.41) is 12.3. The van der Waals surface area contributed by atoms with Gasteiger partial charge in [0.15, 0.2) is 0 Å². The second-order valence-electron chi connectivity index (χ2n) is 7.17. The van der Waals surface area contributed by atoms with Crippen LogP contribution < -0.4 is 11.2 Å². The molecule has 2 rings (SSSR count). The van der Waals surface area contributed by atoms with Gasteiger partial charge in [-0.2, -0.15) is 0 Å². The molecule has 0 unspecified atom stereocenters. The van der Waals surface area contributed by atoms with Crippen molar-refractivity contribution < 1.29 is 24.0 Å². The summed E-state index contributed by atoms with van der Waals surface area (Å²) in [5.74, 6) is -1.75. The van der Waals surface area contributed by atoms with Crippen LogP contribution in [0.25, 0.3) is 0 Å². The molecule has 10 nitrogen and oxygen atoms in total. The van der Waals surface area contributed by atoms with Gasteiger partial charge >= 0.3 is 5.97 Å². The smallest absolute Gasteiger partial charge is 0.325 e. The van der Waals surface area contributed by atoms with E-state index in [0.29, 0.717) is 0 Å². The first kappa shape index (κ1) is 20.3. The monoisotopic (exact) mass is 378 g/mol. The molecule has 0 fully saturated rings. The molecule has 146 valence electrons. The molecule has 1 aliphatic rings. The number of ether oxygens (including phenoxy) is 1. The van der Waals surface area contributed by atoms with Crippen LogP contribution in [0.1, 0.15) is 49.5 Å². The first-order chi connectivity index (χ1) is 12.5. The number of hydrazine groups is 1. The van der Waals surface area contributed by atoms with E-state index in [9.17, 15) is 24.5 Å². The van der Waals surface area contributed by atoms with Gasteiger partial charge in [-0.1, -0.05) is 6.07 Å². The largest absolute Gasteiger partial charge is 0.459 e. The lowest BCUT2D eigenvalue weighted by Gasteiger charge is -2.27. The van der Waals surface area contributed by atoms with E-state index in [1.54, 1.807) is 20.8 Å². The Kier molecular flexibility index (Phi) is 5.79. The first-order valence-corrected chi connectivity index (χ1v) is 8.35. The highest BCUT2D eigenvalue weighted by molar-refractivity contribution is 5.99. The molecule has 1 aliphatic heterocycles. The van der Waals surface area contributed by atoms with E-state index >= 15 is 0 Å². The average molecular weight is 378 g/mol. The Hall–Kier alpha value is -3.01. The van der Waals surface area contributed by atoms with Crippen molar-refractivity contribution in [3.63, 3.8) is 0 Å². The third-order valence-corrected chi connectivity index (χ3v) is 3.82. The number of nitro groups is 1. The summed E-state index contributed by atoms with van der Waals surface area (Å²) >= 11 is 0. The van der Waals surface area contributed by atoms with E-state index < -0.39 is 34.3 Å². The van der Waals surface area contributed by atoms with Crippen molar-refractivity contribution in [3.05, 3.63) is 39.4 Å². The number of nitrogens with one attached hydrogen (secondary N) is 1. The number of hydrogen-bond donors (Lipinski definition) is 2. The second kappa shape index (κ2) is 7.70. The van der Waals surface area contributed by atoms with E-state index in [-0.39, 0.29) is 36.2 Å². The van der Waals surface area contributed by atoms with Gasteiger partial charge in [-0.25, -0.2) is 5.43 Å². The molecule has 0 saturated heterocycles. The number of amides is 2. The quantitative estimate of drug-likeness (QED) is 0.409. The topological polar surface area (TPSA) is 145 Å². The first-order valence-electron chi connectivity index (χ1n) is 8.35. The molecule has 3 N–H and O–H groups in total. The standard InChI is InChI=1S/C17H22N4O6/c1-17(2,3)27-16(24)12(7-8-14(18)22)19-20-9-11-10(15(20)23)5-4-6-13(11)21(25)26/h4-6,12,19H,7-9H2,1-3H3,(H2,18,22)/t12-/m1/s1. The normalized spacial score (nSPS) is 14.6. The van der Waals surface area contributed by atoms with E-state index in [4.69, 9.17) is 10.5 Å². The maximum absolute atomic E-state index is 12.6. The van der Waals surface area contributed by atoms with Crippen LogP contribution in [-0.4, -0.2) is 39.4 Å². The number of hydrogen-bond acceptors (Lipinski definition) is 7. The molecule has 0 radical (unpaired) electrons. The molecule has 0 aliphatic carbocycles. The highest BCUT2D eigenvalue weighted by atomic mass is 16.6. The third-order valence-electron chi connectivity index (χ3n) is 3.82. The van der Waals surface area contributed by atoms with Crippen LogP contribution in [-0.2, 0) is 20.9 Å². The molecule has 0 bridgehead atoms. The van der Waals surface area contributed by atoms with Crippen LogP contribution in [0.2, 0.25) is 0 Å². The summed E-state index contributed by atoms with van der Waals surface area (Å²) in [6, 6.07) is 3.22. The van der Waals surface area contributed by atoms with Crippen LogP contribution in [0, 0.1) is 10.1 Å². The summed E-state index contributed by atoms with van der Waals surface area (Å²) in [5.41, 5.74) is 7.40. The lowest BCUT2D eigenvalue weighted by Crippen LogP contribution is -2.50. The van der Waals surface area contributed by atoms with Gasteiger partial charge in [0, 0.05) is 12.5 Å². The molecule has 0 spiro atoms. The van der Waals surface area contributed by atoms with Crippen molar-refractivity contribution in [2.24, 2.45) is 5.73 Å². The zero-order valence-corrected chi connectivity index (χ0v) is 15.4. The lowest BCUT2D eigenvalue weighted by molar-refractivity contribution is -0.385. The summed E-state index contributed by atoms with van der Waals surface area (Å²) in [6.45, 7) is 4.99. The molecule has 0 aromatic heterocycles. The van der Waals surface area contributed by atoms with Gasteiger partial charge in [0.05, 0.1) is 22.6 Å². The molecule has 1 atom stereocenters. The fourth-order valence-corrected chi connectivity index (χ4v) is 2.67. The number of fused-ring (bicyclic) bond motifs is 1. The lowest BCUT2D eigenvalue weighted by atomic mass is 10.1. The zero-order valence-electron chi connectivity index (χ0n) is 15.4. The number of esters is 1. The maximum Gasteiger partial charge on any atom is 0.325 e. The maximum atomic E-state index is 12.6. The molecule has 0 saturated carbocycles. The fourth-order valence-electron chi connectivity index (χ4n) is 2.67. The van der Waals surface area contributed by atoms with Crippen molar-refractivity contribution in [2.45, 2.75) is 51.8 Å². The van der Waals surface area contributed by atoms with E-state index in [0.717, 1.165) is 5.01 Å². The Labute approximate surface area is 155 Å². The van der Waals surface area contributed by atoms with Gasteiger partial charge in [0.1, 0.15) is 11.6 Å². The predicted molar refractivity (Wildman–Crippen MR) is 94.2 cm³/mol. The van der Waals surface area contributed by atoms with Crippen LogP contribution in [0.4, 0.5) is 5.69 Å². The van der Waals surface area contributed by atoms with Gasteiger partial charge < -0.3 is 10.5 Å². The number of rotatable bonds is 7. The number of nitro benzene ring substituents is 1. The van der Waals surface area contributed by atoms with Crippen molar-refractivity contribution >= 4 is 23.5 Å². The van der Waals surface area contributed by atoms with Gasteiger partial charge in [-0.05, 0) is 33.3 Å². The van der Waals surface area contributed by atoms with Gasteiger partial charge in [0.2, 0.25) is 5.91 Å². The van der Waals surface area contributed by atoms with Crippen molar-refractivity contribution in [3.8, 4) is 0 Å². The minimum atomic E-state index is -1.01. The van der Waals surface area contributed by atoms with E-state index in [1.807, 2.05) is 0 Å². The zero-order chi connectivity index (χ0) is 20.4. The van der Waals surface area contributed by atoms with Crippen LogP contribution in [0.3, 0.4) is 0 Å². The minimum Gasteiger partial charge on any atom is -0.459 e. The van der Waals surface area contributed by atoms with Crippen molar-refractivity contribution in [2.75, 3.05) is 0 Å². The Morgan fingerprint density at radius 3 is 2.63 bits per heavy atom. The Morgan fingerprint density at radius 2 is 2.07 bits per heavy atom. The minimum absolute atomic E-state index is 0.0203. The van der Waals surface area contributed by atoms with Gasteiger partial charge in [-0.15, -0.1) is 0 Å². The number of nitrogens with zero attached hydrogens (tertiary/aromatic N) is 2. The van der Waals surface area contributed by atoms with Crippen LogP contribution in [0.5, 0.6) is 0 Å². The SMILES string of the molecule is CC(C)(C)OC(=O)[C@@H](CCC(N)=O)NN1Cc2c(cccc2[N+](=O)[O-])C1=O. The molecule has 1 aromatic rings. The molecule has 1 aromatic carbocycles. The molecule has 27 heavy (non-hydrogen) atoms. The number of carbonyl (C=O) groups excluding carboxylic acids is 3. The number of primary amides is 1. The Balaban J connectivity index is 2.21. The second-order valence-corrected chi connectivity index (χ2v) is 7.17. The molecular formula is C17H22N4O6. The molecule has 2 amide bonds. The average Bonchev–Trinajstić information content (AvgIpc) is 2.85. The van der Waals surface area contributed by atoms with E-state index in [2.05, 4.69) is 5.43 Å². The van der Waals surface area contributed by atoms with E-state index in [1.165, 1.54) is 18.2 Å². The van der Waals surface area contributed by atoms with Crippen molar-refractivity contribution in [1.29, 1.82) is 0 Å². The van der Waals surface area contributed by atoms with Crippen LogP contribution in [0.15, 0.2) is 18.2 Å². The molecule has 1 heterocycles. The molecule has 10 heteroatoms. The van der Waals surface area contributed by atoms with Gasteiger partial charge in [-0.3, -0.25) is 29.5 Å². The molecular weight excluding hydrogens is 356 g/mol. The predicted octanol–water partition coefficient (Wildman–Crippen LogP) is 1.03. The third kappa shape index (κ3) is 5.00. The van der Waals surface area contributed by atoms with Gasteiger partial charge in [0.25, 0.3) is 11.6 Å². The summed E-state index contributed by atoms with van der Waals surface area (Å²) in [6.07, 6.45) is -0.0709.